The third-order valence-electron chi connectivity index (χ3n) is 4.23. The molecule has 0 bridgehead atoms. The molecule has 0 unspecified atom stereocenters. The highest BCUT2D eigenvalue weighted by atomic mass is 35.5. The Hall–Kier alpha value is -1.74. The van der Waals surface area contributed by atoms with E-state index in [9.17, 15) is 13.2 Å². The van der Waals surface area contributed by atoms with Gasteiger partial charge in [-0.2, -0.15) is 0 Å². The largest absolute Gasteiger partial charge is 0.573 e. The average molecular weight is 440 g/mol. The van der Waals surface area contributed by atoms with Gasteiger partial charge in [0.05, 0.1) is 13.2 Å². The van der Waals surface area contributed by atoms with Crippen LogP contribution in [-0.4, -0.2) is 49.5 Å². The number of benzene rings is 1. The lowest BCUT2D eigenvalue weighted by Gasteiger charge is -2.35. The van der Waals surface area contributed by atoms with Crippen LogP contribution in [0.3, 0.4) is 0 Å². The van der Waals surface area contributed by atoms with Gasteiger partial charge >= 0.3 is 6.36 Å². The first kappa shape index (κ1) is 24.3. The lowest BCUT2D eigenvalue weighted by Crippen LogP contribution is -2.45. The molecule has 1 saturated heterocycles. The van der Waals surface area contributed by atoms with Gasteiger partial charge < -0.3 is 14.8 Å². The van der Waals surface area contributed by atoms with Gasteiger partial charge in [0.25, 0.3) is 0 Å². The average Bonchev–Trinajstić information content (AvgIpc) is 2.64. The predicted molar refractivity (Wildman–Crippen MR) is 105 cm³/mol. The minimum absolute atomic E-state index is 0. The van der Waals surface area contributed by atoms with Gasteiger partial charge in [-0.05, 0) is 23.3 Å². The van der Waals surface area contributed by atoms with Gasteiger partial charge in [0.1, 0.15) is 5.75 Å². The number of piperazine rings is 1. The Morgan fingerprint density at radius 1 is 1.00 bits per heavy atom. The number of nitrogens with one attached hydrogen (secondary N) is 1. The van der Waals surface area contributed by atoms with Gasteiger partial charge in [-0.25, -0.2) is 4.98 Å². The molecule has 0 spiro atoms. The van der Waals surface area contributed by atoms with Crippen LogP contribution in [0.4, 0.5) is 13.2 Å². The summed E-state index contributed by atoms with van der Waals surface area (Å²) >= 11 is 0. The molecule has 2 aromatic rings. The van der Waals surface area contributed by atoms with Gasteiger partial charge in [-0.15, -0.1) is 38.0 Å². The maximum atomic E-state index is 12.4. The van der Waals surface area contributed by atoms with Crippen molar-refractivity contribution in [2.24, 2.45) is 0 Å². The molecule has 1 N–H and O–H groups in total. The molecule has 1 aliphatic heterocycles. The number of nitrogens with zero attached hydrogens (tertiary/aromatic N) is 2. The first-order valence-corrected chi connectivity index (χ1v) is 8.27. The zero-order valence-electron chi connectivity index (χ0n) is 15.1. The van der Waals surface area contributed by atoms with Crippen molar-refractivity contribution in [3.8, 4) is 11.6 Å². The number of halogens is 5. The smallest absolute Gasteiger partial charge is 0.481 e. The highest BCUT2D eigenvalue weighted by Crippen LogP contribution is 2.31. The van der Waals surface area contributed by atoms with E-state index in [1.165, 1.54) is 12.1 Å². The van der Waals surface area contributed by atoms with Gasteiger partial charge in [0.2, 0.25) is 5.88 Å². The van der Waals surface area contributed by atoms with Crippen molar-refractivity contribution < 1.29 is 22.6 Å². The number of ether oxygens (including phenoxy) is 2. The fraction of sp³-hybridized carbons (Fsp3) is 0.389. The summed E-state index contributed by atoms with van der Waals surface area (Å²) in [5.41, 5.74) is 1.84. The van der Waals surface area contributed by atoms with E-state index in [4.69, 9.17) is 4.74 Å². The van der Waals surface area contributed by atoms with Crippen molar-refractivity contribution in [2.45, 2.75) is 12.4 Å². The Bertz CT molecular complexity index is 710. The van der Waals surface area contributed by atoms with Crippen molar-refractivity contribution in [1.29, 1.82) is 0 Å². The molecule has 1 aromatic carbocycles. The summed E-state index contributed by atoms with van der Waals surface area (Å²) in [7, 11) is 1.55. The number of hydrogen-bond donors (Lipinski definition) is 1. The SMILES string of the molecule is COc1ccc([C@H](c2ccc(OC(F)(F)F)cc2)N2CCNCC2)cn1.Cl.Cl. The van der Waals surface area contributed by atoms with E-state index < -0.39 is 6.36 Å². The quantitative estimate of drug-likeness (QED) is 0.766. The van der Waals surface area contributed by atoms with Crippen LogP contribution in [0.15, 0.2) is 42.6 Å². The fourth-order valence-corrected chi connectivity index (χ4v) is 3.08. The van der Waals surface area contributed by atoms with E-state index in [0.717, 1.165) is 37.3 Å². The topological polar surface area (TPSA) is 46.6 Å². The van der Waals surface area contributed by atoms with Crippen molar-refractivity contribution in [1.82, 2.24) is 15.2 Å². The molecule has 0 saturated carbocycles. The first-order valence-electron chi connectivity index (χ1n) is 8.27. The predicted octanol–water partition coefficient (Wildman–Crippen LogP) is 3.83. The van der Waals surface area contributed by atoms with Crippen molar-refractivity contribution in [2.75, 3.05) is 33.3 Å². The molecule has 0 radical (unpaired) electrons. The lowest BCUT2D eigenvalue weighted by molar-refractivity contribution is -0.274. The normalized spacial score (nSPS) is 15.7. The van der Waals surface area contributed by atoms with E-state index in [-0.39, 0.29) is 36.6 Å². The van der Waals surface area contributed by atoms with Crippen LogP contribution in [0.2, 0.25) is 0 Å². The van der Waals surface area contributed by atoms with E-state index in [1.54, 1.807) is 31.5 Å². The van der Waals surface area contributed by atoms with E-state index in [0.29, 0.717) is 5.88 Å². The summed E-state index contributed by atoms with van der Waals surface area (Å²) in [5.74, 6) is 0.287. The molecule has 28 heavy (non-hydrogen) atoms. The number of pyridine rings is 1. The maximum absolute atomic E-state index is 12.4. The van der Waals surface area contributed by atoms with E-state index in [1.807, 2.05) is 6.07 Å². The fourth-order valence-electron chi connectivity index (χ4n) is 3.08. The molecule has 5 nitrogen and oxygen atoms in total. The van der Waals surface area contributed by atoms with Gasteiger partial charge in [-0.1, -0.05) is 18.2 Å². The molecule has 1 aromatic heterocycles. The lowest BCUT2D eigenvalue weighted by atomic mass is 9.97. The minimum Gasteiger partial charge on any atom is -0.481 e. The molecule has 0 aliphatic carbocycles. The molecule has 1 aliphatic rings. The number of methoxy groups -OCH3 is 1. The summed E-state index contributed by atoms with van der Waals surface area (Å²) in [4.78, 5) is 6.54. The Morgan fingerprint density at radius 3 is 2.11 bits per heavy atom. The first-order chi connectivity index (χ1) is 12.5. The van der Waals surface area contributed by atoms with Crippen LogP contribution in [-0.2, 0) is 0 Å². The Balaban J connectivity index is 0.00000196. The monoisotopic (exact) mass is 439 g/mol. The Morgan fingerprint density at radius 2 is 1.61 bits per heavy atom. The molecular formula is C18H22Cl2F3N3O2. The summed E-state index contributed by atoms with van der Waals surface area (Å²) in [5, 5.41) is 3.30. The van der Waals surface area contributed by atoms with Gasteiger partial charge in [0, 0.05) is 38.4 Å². The van der Waals surface area contributed by atoms with Crippen molar-refractivity contribution >= 4 is 24.8 Å². The maximum Gasteiger partial charge on any atom is 0.573 e. The van der Waals surface area contributed by atoms with Crippen LogP contribution in [0.5, 0.6) is 11.6 Å². The van der Waals surface area contributed by atoms with E-state index in [2.05, 4.69) is 19.9 Å². The Kier molecular flexibility index (Phi) is 9.29. The molecule has 1 atom stereocenters. The summed E-state index contributed by atoms with van der Waals surface area (Å²) in [6, 6.07) is 9.63. The molecular weight excluding hydrogens is 418 g/mol. The zero-order valence-corrected chi connectivity index (χ0v) is 16.7. The summed E-state index contributed by atoms with van der Waals surface area (Å²) in [6.07, 6.45) is -2.95. The number of rotatable bonds is 5. The molecule has 3 rings (SSSR count). The molecule has 156 valence electrons. The van der Waals surface area contributed by atoms with Crippen LogP contribution in [0, 0.1) is 0 Å². The minimum atomic E-state index is -4.70. The highest BCUT2D eigenvalue weighted by molar-refractivity contribution is 5.85. The number of hydrogen-bond acceptors (Lipinski definition) is 5. The third kappa shape index (κ3) is 6.41. The number of alkyl halides is 3. The third-order valence-corrected chi connectivity index (χ3v) is 4.23. The molecule has 10 heteroatoms. The molecule has 2 heterocycles. The van der Waals surface area contributed by atoms with Crippen LogP contribution in [0.1, 0.15) is 17.2 Å². The zero-order chi connectivity index (χ0) is 18.6. The van der Waals surface area contributed by atoms with Gasteiger partial charge in [0.15, 0.2) is 0 Å². The van der Waals surface area contributed by atoms with Crippen molar-refractivity contribution in [3.05, 3.63) is 53.7 Å². The molecule has 1 fully saturated rings. The highest BCUT2D eigenvalue weighted by Gasteiger charge is 2.31. The van der Waals surface area contributed by atoms with E-state index >= 15 is 0 Å². The summed E-state index contributed by atoms with van der Waals surface area (Å²) < 4.78 is 46.2. The second kappa shape index (κ2) is 10.7. The second-order valence-electron chi connectivity index (χ2n) is 5.94. The van der Waals surface area contributed by atoms with Crippen LogP contribution in [0.25, 0.3) is 0 Å². The molecule has 0 amide bonds. The van der Waals surface area contributed by atoms with Crippen LogP contribution >= 0.6 is 24.8 Å². The van der Waals surface area contributed by atoms with Crippen molar-refractivity contribution in [3.63, 3.8) is 0 Å². The number of aromatic nitrogens is 1. The van der Waals surface area contributed by atoms with Gasteiger partial charge in [-0.3, -0.25) is 4.90 Å². The standard InChI is InChI=1S/C18H20F3N3O2.2ClH/c1-25-16-7-4-14(12-23-16)17(24-10-8-22-9-11-24)13-2-5-15(6-3-13)26-18(19,20)21;;/h2-7,12,17,22H,8-11H2,1H3;2*1H/t17-;;/m0../s1. The second-order valence-corrected chi connectivity index (χ2v) is 5.94. The Labute approximate surface area is 174 Å². The summed E-state index contributed by atoms with van der Waals surface area (Å²) in [6.45, 7) is 3.37. The van der Waals surface area contributed by atoms with Crippen LogP contribution < -0.4 is 14.8 Å².